The molecule has 0 fully saturated rings. The van der Waals surface area contributed by atoms with Crippen LogP contribution in [0.5, 0.6) is 0 Å². The van der Waals surface area contributed by atoms with Crippen molar-refractivity contribution in [1.82, 2.24) is 9.13 Å². The summed E-state index contributed by atoms with van der Waals surface area (Å²) in [4.78, 5) is 0. The molecule has 0 aliphatic carbocycles. The first-order valence-corrected chi connectivity index (χ1v) is 17.4. The van der Waals surface area contributed by atoms with Crippen LogP contribution in [0.4, 0.5) is 0 Å². The molecule has 3 heteroatoms. The van der Waals surface area contributed by atoms with Crippen LogP contribution >= 0.6 is 0 Å². The molecule has 0 amide bonds. The summed E-state index contributed by atoms with van der Waals surface area (Å²) in [7, 11) is 0. The Balaban J connectivity index is 1.22. The number of furan rings is 1. The molecule has 0 radical (unpaired) electrons. The maximum Gasteiger partial charge on any atom is 0.145 e. The lowest BCUT2D eigenvalue weighted by atomic mass is 10.0. The van der Waals surface area contributed by atoms with Gasteiger partial charge in [-0.3, -0.25) is 0 Å². The zero-order valence-electron chi connectivity index (χ0n) is 27.6. The number of rotatable bonds is 4. The van der Waals surface area contributed by atoms with Crippen molar-refractivity contribution in [2.75, 3.05) is 0 Å². The van der Waals surface area contributed by atoms with E-state index in [0.29, 0.717) is 0 Å². The molecule has 0 aliphatic rings. The Kier molecular flexibility index (Phi) is 5.96. The van der Waals surface area contributed by atoms with E-state index in [-0.39, 0.29) is 0 Å². The molecule has 51 heavy (non-hydrogen) atoms. The van der Waals surface area contributed by atoms with Gasteiger partial charge in [-0.15, -0.1) is 0 Å². The molecule has 0 aliphatic heterocycles. The molecule has 0 atom stereocenters. The lowest BCUT2D eigenvalue weighted by molar-refractivity contribution is 0.673. The van der Waals surface area contributed by atoms with Crippen molar-refractivity contribution in [2.45, 2.75) is 0 Å². The molecule has 3 aromatic heterocycles. The number of aromatic nitrogens is 2. The van der Waals surface area contributed by atoms with Crippen LogP contribution in [0.2, 0.25) is 0 Å². The SMILES string of the molecule is c1ccc(-c2cccc(-n3c4cc(-n5c6ccccc6c6ccccc65)ccc4c4c5oc6ccc(-c7ccccc7)cc6c5ccc43)c2)cc1. The Hall–Kier alpha value is -6.84. The van der Waals surface area contributed by atoms with Gasteiger partial charge in [-0.1, -0.05) is 115 Å². The third kappa shape index (κ3) is 4.19. The number of nitrogens with zero attached hydrogens (tertiary/aromatic N) is 2. The predicted octanol–water partition coefficient (Wildman–Crippen LogP) is 13.1. The Morgan fingerprint density at radius 2 is 0.902 bits per heavy atom. The van der Waals surface area contributed by atoms with Crippen molar-refractivity contribution in [1.29, 1.82) is 0 Å². The molecule has 11 rings (SSSR count). The van der Waals surface area contributed by atoms with Crippen LogP contribution < -0.4 is 0 Å². The van der Waals surface area contributed by atoms with Gasteiger partial charge in [0.05, 0.1) is 27.5 Å². The third-order valence-corrected chi connectivity index (χ3v) is 10.5. The van der Waals surface area contributed by atoms with E-state index in [4.69, 9.17) is 4.42 Å². The van der Waals surface area contributed by atoms with Gasteiger partial charge in [0.1, 0.15) is 11.2 Å². The fourth-order valence-electron chi connectivity index (χ4n) is 8.21. The number of benzene rings is 8. The standard InChI is InChI=1S/C48H30N2O/c1-3-12-31(13-4-1)33-16-11-17-35(28-33)50-44-26-25-39-41-29-34(32-14-5-2-6-15-32)22-27-46(41)51-48(39)47(44)40-24-23-36(30-45(40)50)49-42-20-9-7-18-37(42)38-19-8-10-21-43(38)49/h1-30H. The summed E-state index contributed by atoms with van der Waals surface area (Å²) in [5.41, 5.74) is 13.4. The van der Waals surface area contributed by atoms with Gasteiger partial charge in [0.25, 0.3) is 0 Å². The van der Waals surface area contributed by atoms with Gasteiger partial charge >= 0.3 is 0 Å². The fraction of sp³-hybridized carbons (Fsp3) is 0. The number of hydrogen-bond donors (Lipinski definition) is 0. The Labute approximate surface area is 293 Å². The lowest BCUT2D eigenvalue weighted by Crippen LogP contribution is -1.97. The minimum atomic E-state index is 0.894. The predicted molar refractivity (Wildman–Crippen MR) is 213 cm³/mol. The van der Waals surface area contributed by atoms with E-state index in [0.717, 1.165) is 55.1 Å². The maximum absolute atomic E-state index is 6.81. The highest BCUT2D eigenvalue weighted by molar-refractivity contribution is 6.24. The van der Waals surface area contributed by atoms with E-state index in [1.807, 2.05) is 0 Å². The van der Waals surface area contributed by atoms with Crippen molar-refractivity contribution < 1.29 is 4.42 Å². The van der Waals surface area contributed by atoms with Crippen molar-refractivity contribution >= 4 is 65.6 Å². The molecule has 238 valence electrons. The average Bonchev–Trinajstić information content (AvgIpc) is 3.85. The topological polar surface area (TPSA) is 23.0 Å². The molecule has 0 unspecified atom stereocenters. The number of fused-ring (bicyclic) bond motifs is 10. The van der Waals surface area contributed by atoms with E-state index >= 15 is 0 Å². The molecule has 0 N–H and O–H groups in total. The highest BCUT2D eigenvalue weighted by Crippen LogP contribution is 2.43. The molecule has 0 saturated heterocycles. The second kappa shape index (κ2) is 10.8. The van der Waals surface area contributed by atoms with E-state index in [1.54, 1.807) is 0 Å². The molecular formula is C48H30N2O. The summed E-state index contributed by atoms with van der Waals surface area (Å²) in [6.45, 7) is 0. The average molecular weight is 651 g/mol. The van der Waals surface area contributed by atoms with Gasteiger partial charge in [-0.25, -0.2) is 0 Å². The second-order valence-electron chi connectivity index (χ2n) is 13.3. The fourth-order valence-corrected chi connectivity index (χ4v) is 8.21. The Morgan fingerprint density at radius 1 is 0.314 bits per heavy atom. The third-order valence-electron chi connectivity index (χ3n) is 10.5. The summed E-state index contributed by atoms with van der Waals surface area (Å²) < 4.78 is 11.6. The molecule has 3 nitrogen and oxygen atoms in total. The van der Waals surface area contributed by atoms with E-state index in [2.05, 4.69) is 191 Å². The minimum absolute atomic E-state index is 0.894. The van der Waals surface area contributed by atoms with Crippen molar-refractivity contribution in [3.63, 3.8) is 0 Å². The van der Waals surface area contributed by atoms with E-state index in [9.17, 15) is 0 Å². The minimum Gasteiger partial charge on any atom is -0.455 e. The first kappa shape index (κ1) is 28.0. The van der Waals surface area contributed by atoms with E-state index in [1.165, 1.54) is 44.1 Å². The molecule has 8 aromatic carbocycles. The summed E-state index contributed by atoms with van der Waals surface area (Å²) in [6, 6.07) is 65.4. The van der Waals surface area contributed by atoms with Crippen molar-refractivity contribution in [3.05, 3.63) is 182 Å². The van der Waals surface area contributed by atoms with Crippen LogP contribution in [-0.4, -0.2) is 9.13 Å². The van der Waals surface area contributed by atoms with Gasteiger partial charge in [0.15, 0.2) is 0 Å². The highest BCUT2D eigenvalue weighted by Gasteiger charge is 2.21. The van der Waals surface area contributed by atoms with Crippen molar-refractivity contribution in [2.24, 2.45) is 0 Å². The monoisotopic (exact) mass is 650 g/mol. The molecule has 0 spiro atoms. The molecule has 0 bridgehead atoms. The summed E-state index contributed by atoms with van der Waals surface area (Å²) in [5, 5.41) is 7.04. The van der Waals surface area contributed by atoms with Crippen LogP contribution in [0.3, 0.4) is 0 Å². The zero-order valence-corrected chi connectivity index (χ0v) is 27.6. The normalized spacial score (nSPS) is 11.9. The number of para-hydroxylation sites is 2. The van der Waals surface area contributed by atoms with Crippen LogP contribution in [-0.2, 0) is 0 Å². The molecular weight excluding hydrogens is 621 g/mol. The second-order valence-corrected chi connectivity index (χ2v) is 13.3. The van der Waals surface area contributed by atoms with Crippen LogP contribution in [0, 0.1) is 0 Å². The van der Waals surface area contributed by atoms with Gasteiger partial charge in [-0.2, -0.15) is 0 Å². The number of hydrogen-bond acceptors (Lipinski definition) is 1. The first-order valence-electron chi connectivity index (χ1n) is 17.4. The largest absolute Gasteiger partial charge is 0.455 e. The summed E-state index contributed by atoms with van der Waals surface area (Å²) in [6.07, 6.45) is 0. The molecule has 3 heterocycles. The molecule has 0 saturated carbocycles. The summed E-state index contributed by atoms with van der Waals surface area (Å²) in [5.74, 6) is 0. The smallest absolute Gasteiger partial charge is 0.145 e. The quantitative estimate of drug-likeness (QED) is 0.186. The lowest BCUT2D eigenvalue weighted by Gasteiger charge is -2.12. The molecule has 11 aromatic rings. The van der Waals surface area contributed by atoms with E-state index < -0.39 is 0 Å². The van der Waals surface area contributed by atoms with Crippen molar-refractivity contribution in [3.8, 4) is 33.6 Å². The Bertz CT molecular complexity index is 3070. The maximum atomic E-state index is 6.81. The van der Waals surface area contributed by atoms with Gasteiger partial charge < -0.3 is 13.6 Å². The zero-order chi connectivity index (χ0) is 33.5. The summed E-state index contributed by atoms with van der Waals surface area (Å²) >= 11 is 0. The van der Waals surface area contributed by atoms with Crippen LogP contribution in [0.15, 0.2) is 186 Å². The van der Waals surface area contributed by atoms with Gasteiger partial charge in [-0.05, 0) is 89.0 Å². The van der Waals surface area contributed by atoms with Crippen LogP contribution in [0.25, 0.3) is 99.2 Å². The van der Waals surface area contributed by atoms with Crippen LogP contribution in [0.1, 0.15) is 0 Å². The first-order chi connectivity index (χ1) is 25.3. The van der Waals surface area contributed by atoms with Gasteiger partial charge in [0, 0.05) is 38.3 Å². The Morgan fingerprint density at radius 3 is 1.63 bits per heavy atom. The highest BCUT2D eigenvalue weighted by atomic mass is 16.3. The van der Waals surface area contributed by atoms with Gasteiger partial charge in [0.2, 0.25) is 0 Å².